The number of anilines is 1. The van der Waals surface area contributed by atoms with Gasteiger partial charge in [-0.2, -0.15) is 17.4 Å². The molecule has 118 valence electrons. The van der Waals surface area contributed by atoms with Crippen LogP contribution in [0.5, 0.6) is 5.75 Å². The second-order valence-electron chi connectivity index (χ2n) is 5.15. The van der Waals surface area contributed by atoms with E-state index in [4.69, 9.17) is 16.3 Å². The van der Waals surface area contributed by atoms with E-state index in [9.17, 15) is 8.42 Å². The van der Waals surface area contributed by atoms with Crippen LogP contribution in [0.25, 0.3) is 0 Å². The van der Waals surface area contributed by atoms with Crippen molar-refractivity contribution in [3.63, 3.8) is 0 Å². The first-order chi connectivity index (χ1) is 9.83. The van der Waals surface area contributed by atoms with Gasteiger partial charge in [-0.25, -0.2) is 0 Å². The highest BCUT2D eigenvalue weighted by molar-refractivity contribution is 7.87. The van der Waals surface area contributed by atoms with Gasteiger partial charge < -0.3 is 9.64 Å². The number of hydrogen-bond donors (Lipinski definition) is 1. The summed E-state index contributed by atoms with van der Waals surface area (Å²) in [5.74, 6) is 0.732. The normalized spacial score (nSPS) is 19.3. The molecule has 1 saturated heterocycles. The molecule has 1 aromatic carbocycles. The third-order valence-corrected chi connectivity index (χ3v) is 5.29. The van der Waals surface area contributed by atoms with E-state index in [0.29, 0.717) is 11.6 Å². The van der Waals surface area contributed by atoms with Gasteiger partial charge in [-0.05, 0) is 24.6 Å². The fourth-order valence-corrected chi connectivity index (χ4v) is 3.29. The Kier molecular flexibility index (Phi) is 4.98. The molecular formula is C13H20ClN3O3S. The summed E-state index contributed by atoms with van der Waals surface area (Å²) in [4.78, 5) is 2.08. The van der Waals surface area contributed by atoms with Crippen molar-refractivity contribution in [2.24, 2.45) is 0 Å². The number of methoxy groups -OCH3 is 1. The summed E-state index contributed by atoms with van der Waals surface area (Å²) < 4.78 is 32.9. The van der Waals surface area contributed by atoms with Gasteiger partial charge in [-0.15, -0.1) is 0 Å². The molecule has 1 aliphatic heterocycles. The van der Waals surface area contributed by atoms with Crippen LogP contribution < -0.4 is 14.4 Å². The third-order valence-electron chi connectivity index (χ3n) is 3.47. The quantitative estimate of drug-likeness (QED) is 0.883. The van der Waals surface area contributed by atoms with E-state index in [1.165, 1.54) is 18.4 Å². The Labute approximate surface area is 130 Å². The Balaban J connectivity index is 2.11. The zero-order chi connectivity index (χ0) is 15.6. The average Bonchev–Trinajstić information content (AvgIpc) is 2.86. The lowest BCUT2D eigenvalue weighted by Crippen LogP contribution is -2.43. The second kappa shape index (κ2) is 6.39. The Morgan fingerprint density at radius 3 is 2.76 bits per heavy atom. The van der Waals surface area contributed by atoms with Crippen LogP contribution in [0.4, 0.5) is 5.69 Å². The van der Waals surface area contributed by atoms with Crippen LogP contribution in [0.3, 0.4) is 0 Å². The monoisotopic (exact) mass is 333 g/mol. The topological polar surface area (TPSA) is 61.9 Å². The summed E-state index contributed by atoms with van der Waals surface area (Å²) in [7, 11) is 1.21. The molecule has 0 radical (unpaired) electrons. The number of benzene rings is 1. The maximum Gasteiger partial charge on any atom is 0.279 e. The van der Waals surface area contributed by atoms with Crippen molar-refractivity contribution < 1.29 is 13.2 Å². The molecule has 0 unspecified atom stereocenters. The molecule has 1 atom stereocenters. The maximum absolute atomic E-state index is 11.9. The molecule has 1 heterocycles. The predicted octanol–water partition coefficient (Wildman–Crippen LogP) is 1.32. The van der Waals surface area contributed by atoms with Gasteiger partial charge in [0.1, 0.15) is 5.75 Å². The highest BCUT2D eigenvalue weighted by Crippen LogP contribution is 2.33. The summed E-state index contributed by atoms with van der Waals surface area (Å²) in [6.45, 7) is 1.33. The van der Waals surface area contributed by atoms with Crippen molar-refractivity contribution in [1.82, 2.24) is 9.03 Å². The Hall–Kier alpha value is -1.02. The minimum absolute atomic E-state index is 0.124. The van der Waals surface area contributed by atoms with Crippen LogP contribution in [-0.4, -0.2) is 53.1 Å². The lowest BCUT2D eigenvalue weighted by Gasteiger charge is -2.22. The first kappa shape index (κ1) is 16.4. The number of nitrogens with one attached hydrogen (secondary N) is 1. The molecule has 2 rings (SSSR count). The van der Waals surface area contributed by atoms with E-state index in [1.807, 2.05) is 12.1 Å². The van der Waals surface area contributed by atoms with Gasteiger partial charge in [0.05, 0.1) is 12.8 Å². The summed E-state index contributed by atoms with van der Waals surface area (Å²) >= 11 is 6.04. The number of halogens is 1. The van der Waals surface area contributed by atoms with Gasteiger partial charge in [0.2, 0.25) is 0 Å². The average molecular weight is 334 g/mol. The molecule has 8 heteroatoms. The molecule has 0 bridgehead atoms. The number of rotatable bonds is 5. The van der Waals surface area contributed by atoms with Crippen LogP contribution >= 0.6 is 11.6 Å². The van der Waals surface area contributed by atoms with Gasteiger partial charge in [-0.1, -0.05) is 11.6 Å². The van der Waals surface area contributed by atoms with E-state index in [1.54, 1.807) is 13.2 Å². The summed E-state index contributed by atoms with van der Waals surface area (Å²) in [5, 5.41) is 0.628. The van der Waals surface area contributed by atoms with Crippen molar-refractivity contribution in [3.05, 3.63) is 23.2 Å². The zero-order valence-electron chi connectivity index (χ0n) is 12.3. The molecule has 1 N–H and O–H groups in total. The van der Waals surface area contributed by atoms with Crippen molar-refractivity contribution >= 4 is 27.5 Å². The van der Waals surface area contributed by atoms with Crippen molar-refractivity contribution in [1.29, 1.82) is 0 Å². The molecule has 6 nitrogen and oxygen atoms in total. The second-order valence-corrected chi connectivity index (χ2v) is 7.51. The van der Waals surface area contributed by atoms with E-state index in [0.717, 1.165) is 24.4 Å². The highest BCUT2D eigenvalue weighted by atomic mass is 35.5. The molecule has 0 amide bonds. The summed E-state index contributed by atoms with van der Waals surface area (Å²) in [5.41, 5.74) is 0.886. The lowest BCUT2D eigenvalue weighted by molar-refractivity contribution is 0.415. The van der Waals surface area contributed by atoms with Crippen LogP contribution in [0.2, 0.25) is 5.02 Å². The zero-order valence-corrected chi connectivity index (χ0v) is 13.9. The number of hydrogen-bond acceptors (Lipinski definition) is 4. The lowest BCUT2D eigenvalue weighted by atomic mass is 10.2. The molecule has 1 aliphatic rings. The highest BCUT2D eigenvalue weighted by Gasteiger charge is 2.28. The largest absolute Gasteiger partial charge is 0.495 e. The third kappa shape index (κ3) is 3.79. The van der Waals surface area contributed by atoms with Gasteiger partial charge in [-0.3, -0.25) is 0 Å². The fraction of sp³-hybridized carbons (Fsp3) is 0.538. The van der Waals surface area contributed by atoms with E-state index < -0.39 is 10.2 Å². The molecular weight excluding hydrogens is 314 g/mol. The molecule has 21 heavy (non-hydrogen) atoms. The summed E-state index contributed by atoms with van der Waals surface area (Å²) in [6.07, 6.45) is 0.739. The molecule has 1 aromatic rings. The first-order valence-electron chi connectivity index (χ1n) is 6.62. The van der Waals surface area contributed by atoms with Gasteiger partial charge >= 0.3 is 0 Å². The van der Waals surface area contributed by atoms with Gasteiger partial charge in [0, 0.05) is 38.2 Å². The van der Waals surface area contributed by atoms with Gasteiger partial charge in [0.25, 0.3) is 10.2 Å². The molecule has 0 saturated carbocycles. The first-order valence-corrected chi connectivity index (χ1v) is 8.43. The fourth-order valence-electron chi connectivity index (χ4n) is 2.30. The number of nitrogens with zero attached hydrogens (tertiary/aromatic N) is 2. The van der Waals surface area contributed by atoms with E-state index >= 15 is 0 Å². The smallest absolute Gasteiger partial charge is 0.279 e. The number of ether oxygens (including phenoxy) is 1. The molecule has 1 fully saturated rings. The Morgan fingerprint density at radius 2 is 2.14 bits per heavy atom. The Bertz CT molecular complexity index is 607. The van der Waals surface area contributed by atoms with E-state index in [2.05, 4.69) is 9.62 Å². The van der Waals surface area contributed by atoms with Crippen molar-refractivity contribution in [2.45, 2.75) is 12.5 Å². The molecule has 0 aliphatic carbocycles. The van der Waals surface area contributed by atoms with Crippen LogP contribution in [0, 0.1) is 0 Å². The minimum Gasteiger partial charge on any atom is -0.495 e. The standard InChI is InChI=1S/C13H20ClN3O3S/c1-16(2)21(18,19)15-11-6-7-17(9-11)12-8-10(14)4-5-13(12)20-3/h4-5,8,11,15H,6-7,9H2,1-3H3/t11-/m1/s1. The predicted molar refractivity (Wildman–Crippen MR) is 84.4 cm³/mol. The molecule has 0 aromatic heterocycles. The van der Waals surface area contributed by atoms with E-state index in [-0.39, 0.29) is 6.04 Å². The summed E-state index contributed by atoms with van der Waals surface area (Å²) in [6, 6.07) is 5.30. The van der Waals surface area contributed by atoms with Gasteiger partial charge in [0.15, 0.2) is 0 Å². The SMILES string of the molecule is COc1ccc(Cl)cc1N1CC[C@@H](NS(=O)(=O)N(C)C)C1. The van der Waals surface area contributed by atoms with Crippen molar-refractivity contribution in [2.75, 3.05) is 39.2 Å². The van der Waals surface area contributed by atoms with Crippen LogP contribution in [0.15, 0.2) is 18.2 Å². The maximum atomic E-state index is 11.9. The molecule has 0 spiro atoms. The Morgan fingerprint density at radius 1 is 1.43 bits per heavy atom. The van der Waals surface area contributed by atoms with Crippen molar-refractivity contribution in [3.8, 4) is 5.75 Å². The van der Waals surface area contributed by atoms with Crippen LogP contribution in [-0.2, 0) is 10.2 Å². The minimum atomic E-state index is -3.41. The van der Waals surface area contributed by atoms with Crippen LogP contribution in [0.1, 0.15) is 6.42 Å².